The van der Waals surface area contributed by atoms with Crippen molar-refractivity contribution in [2.75, 3.05) is 28.2 Å². The smallest absolute Gasteiger partial charge is 0.312 e. The van der Waals surface area contributed by atoms with Gasteiger partial charge in [0.25, 0.3) is 0 Å². The number of nitrogens with zero attached hydrogens (tertiary/aromatic N) is 2. The molecule has 2 nitrogen and oxygen atoms in total. The molecular formula is C11H15Cl2IN2S. The van der Waals surface area contributed by atoms with Gasteiger partial charge >= 0.3 is 5.17 Å². The Balaban J connectivity index is 0.00000256. The van der Waals surface area contributed by atoms with Gasteiger partial charge in [0, 0.05) is 4.90 Å². The quantitative estimate of drug-likeness (QED) is 0.218. The van der Waals surface area contributed by atoms with E-state index >= 15 is 0 Å². The third-order valence-corrected chi connectivity index (χ3v) is 4.01. The second-order valence-corrected chi connectivity index (χ2v) is 5.60. The van der Waals surface area contributed by atoms with E-state index in [-0.39, 0.29) is 24.0 Å². The van der Waals surface area contributed by atoms with E-state index in [0.717, 1.165) is 10.1 Å². The molecule has 0 saturated carbocycles. The monoisotopic (exact) mass is 404 g/mol. The molecule has 0 saturated heterocycles. The molecule has 96 valence electrons. The lowest BCUT2D eigenvalue weighted by atomic mass is 10.4. The van der Waals surface area contributed by atoms with Crippen molar-refractivity contribution in [3.05, 3.63) is 28.2 Å². The Morgan fingerprint density at radius 3 is 2.18 bits per heavy atom. The van der Waals surface area contributed by atoms with Crippen molar-refractivity contribution in [3.8, 4) is 0 Å². The molecule has 0 unspecified atom stereocenters. The van der Waals surface area contributed by atoms with Gasteiger partial charge in [0.1, 0.15) is 0 Å². The number of amidine groups is 1. The first-order chi connectivity index (χ1) is 7.41. The van der Waals surface area contributed by atoms with Crippen molar-refractivity contribution in [2.24, 2.45) is 0 Å². The highest BCUT2D eigenvalue weighted by Crippen LogP contribution is 2.28. The summed E-state index contributed by atoms with van der Waals surface area (Å²) in [5.41, 5.74) is 0. The maximum absolute atomic E-state index is 5.97. The molecule has 0 atom stereocenters. The third-order valence-electron chi connectivity index (χ3n) is 1.87. The van der Waals surface area contributed by atoms with Crippen molar-refractivity contribution in [1.29, 1.82) is 0 Å². The predicted octanol–water partition coefficient (Wildman–Crippen LogP) is 0.279. The van der Waals surface area contributed by atoms with Gasteiger partial charge in [-0.25, -0.2) is 0 Å². The summed E-state index contributed by atoms with van der Waals surface area (Å²) >= 11 is 13.5. The van der Waals surface area contributed by atoms with Crippen LogP contribution >= 0.6 is 35.0 Å². The molecule has 0 spiro atoms. The van der Waals surface area contributed by atoms with Gasteiger partial charge in [-0.2, -0.15) is 0 Å². The highest BCUT2D eigenvalue weighted by atomic mass is 127. The minimum atomic E-state index is 0. The average molecular weight is 405 g/mol. The summed E-state index contributed by atoms with van der Waals surface area (Å²) in [6.07, 6.45) is 0. The molecule has 0 aliphatic rings. The third kappa shape index (κ3) is 5.24. The lowest BCUT2D eigenvalue weighted by Crippen LogP contribution is -3.00. The molecule has 17 heavy (non-hydrogen) atoms. The van der Waals surface area contributed by atoms with Crippen LogP contribution in [0.5, 0.6) is 0 Å². The van der Waals surface area contributed by atoms with Crippen LogP contribution in [0.3, 0.4) is 0 Å². The average Bonchev–Trinajstić information content (AvgIpc) is 2.18. The SMILES string of the molecule is CN(C)C(Sc1ccc(Cl)c(Cl)c1)=[N+](C)C.[I-]. The van der Waals surface area contributed by atoms with E-state index in [2.05, 4.69) is 9.48 Å². The highest BCUT2D eigenvalue weighted by molar-refractivity contribution is 8.13. The molecule has 0 N–H and O–H groups in total. The van der Waals surface area contributed by atoms with Crippen LogP contribution in [0.1, 0.15) is 0 Å². The van der Waals surface area contributed by atoms with E-state index in [1.807, 2.05) is 46.4 Å². The Morgan fingerprint density at radius 1 is 1.18 bits per heavy atom. The lowest BCUT2D eigenvalue weighted by Gasteiger charge is -2.10. The van der Waals surface area contributed by atoms with Gasteiger partial charge in [0.15, 0.2) is 0 Å². The fourth-order valence-corrected chi connectivity index (χ4v) is 2.48. The van der Waals surface area contributed by atoms with Gasteiger partial charge in [-0.15, -0.1) is 0 Å². The summed E-state index contributed by atoms with van der Waals surface area (Å²) in [6, 6.07) is 5.66. The van der Waals surface area contributed by atoms with Crippen LogP contribution in [0.25, 0.3) is 0 Å². The first kappa shape index (κ1) is 17.4. The summed E-state index contributed by atoms with van der Waals surface area (Å²) in [6.45, 7) is 0. The van der Waals surface area contributed by atoms with E-state index < -0.39 is 0 Å². The standard InChI is InChI=1S/C11H15Cl2N2S.HI/c1-14(2)11(15(3)4)16-8-5-6-9(12)10(13)7-8;/h5-7H,1-4H3;1H/q+1;/p-1. The van der Waals surface area contributed by atoms with Gasteiger partial charge in [-0.1, -0.05) is 23.2 Å². The molecule has 0 amide bonds. The molecular weight excluding hydrogens is 390 g/mol. The Kier molecular flexibility index (Phi) is 7.87. The second-order valence-electron chi connectivity index (χ2n) is 3.75. The minimum Gasteiger partial charge on any atom is -1.00 e. The first-order valence-electron chi connectivity index (χ1n) is 4.76. The predicted molar refractivity (Wildman–Crippen MR) is 73.1 cm³/mol. The number of hydrogen-bond acceptors (Lipinski definition) is 1. The maximum atomic E-state index is 5.97. The van der Waals surface area contributed by atoms with Crippen LogP contribution in [0, 0.1) is 0 Å². The summed E-state index contributed by atoms with van der Waals surface area (Å²) in [5, 5.41) is 2.31. The molecule has 6 heteroatoms. The number of rotatable bonds is 1. The largest absolute Gasteiger partial charge is 1.00 e. The number of halogens is 3. The molecule has 1 rings (SSSR count). The Morgan fingerprint density at radius 2 is 1.76 bits per heavy atom. The van der Waals surface area contributed by atoms with Crippen LogP contribution < -0.4 is 24.0 Å². The minimum absolute atomic E-state index is 0. The van der Waals surface area contributed by atoms with Gasteiger partial charge < -0.3 is 24.0 Å². The van der Waals surface area contributed by atoms with E-state index in [1.165, 1.54) is 0 Å². The molecule has 0 radical (unpaired) electrons. The molecule has 1 aromatic carbocycles. The molecule has 0 aliphatic carbocycles. The summed E-state index contributed by atoms with van der Waals surface area (Å²) in [4.78, 5) is 3.14. The molecule has 0 fully saturated rings. The lowest BCUT2D eigenvalue weighted by molar-refractivity contribution is -0.466. The van der Waals surface area contributed by atoms with Crippen molar-refractivity contribution in [2.45, 2.75) is 4.90 Å². The van der Waals surface area contributed by atoms with Gasteiger partial charge in [0.2, 0.25) is 0 Å². The van der Waals surface area contributed by atoms with Crippen molar-refractivity contribution in [1.82, 2.24) is 4.90 Å². The van der Waals surface area contributed by atoms with Gasteiger partial charge in [-0.3, -0.25) is 9.48 Å². The van der Waals surface area contributed by atoms with E-state index in [1.54, 1.807) is 11.8 Å². The van der Waals surface area contributed by atoms with E-state index in [0.29, 0.717) is 10.0 Å². The van der Waals surface area contributed by atoms with Crippen LogP contribution in [0.4, 0.5) is 0 Å². The summed E-state index contributed by atoms with van der Waals surface area (Å²) in [5.74, 6) is 0. The zero-order valence-electron chi connectivity index (χ0n) is 10.2. The van der Waals surface area contributed by atoms with Crippen LogP contribution in [0.2, 0.25) is 10.0 Å². The van der Waals surface area contributed by atoms with Crippen LogP contribution in [-0.4, -0.2) is 42.8 Å². The Hall–Kier alpha value is 0.350. The first-order valence-corrected chi connectivity index (χ1v) is 6.33. The number of thioether (sulfide) groups is 1. The Labute approximate surface area is 134 Å². The molecule has 1 aromatic rings. The summed E-state index contributed by atoms with van der Waals surface area (Å²) in [7, 11) is 8.05. The van der Waals surface area contributed by atoms with Gasteiger partial charge in [0.05, 0.1) is 38.2 Å². The Bertz CT molecular complexity index is 418. The molecule has 0 bridgehead atoms. The molecule has 0 aromatic heterocycles. The van der Waals surface area contributed by atoms with Crippen LogP contribution in [-0.2, 0) is 0 Å². The highest BCUT2D eigenvalue weighted by Gasteiger charge is 2.14. The fraction of sp³-hybridized carbons (Fsp3) is 0.364. The van der Waals surface area contributed by atoms with Crippen molar-refractivity contribution < 1.29 is 28.6 Å². The molecule has 0 aliphatic heterocycles. The maximum Gasteiger partial charge on any atom is 0.312 e. The molecule has 0 heterocycles. The van der Waals surface area contributed by atoms with E-state index in [9.17, 15) is 0 Å². The second kappa shape index (κ2) is 7.71. The topological polar surface area (TPSA) is 6.25 Å². The van der Waals surface area contributed by atoms with Crippen molar-refractivity contribution in [3.63, 3.8) is 0 Å². The van der Waals surface area contributed by atoms with E-state index in [4.69, 9.17) is 23.2 Å². The summed E-state index contributed by atoms with van der Waals surface area (Å²) < 4.78 is 2.06. The normalized spacial score (nSPS) is 9.53. The van der Waals surface area contributed by atoms with Crippen molar-refractivity contribution >= 4 is 40.1 Å². The fourth-order valence-electron chi connectivity index (χ4n) is 1.23. The van der Waals surface area contributed by atoms with Gasteiger partial charge in [-0.05, 0) is 30.0 Å². The van der Waals surface area contributed by atoms with Crippen LogP contribution in [0.15, 0.2) is 23.1 Å². The zero-order chi connectivity index (χ0) is 12.3. The zero-order valence-corrected chi connectivity index (χ0v) is 14.7. The number of hydrogen-bond donors (Lipinski definition) is 0. The number of benzene rings is 1.